The molecule has 1 saturated heterocycles. The zero-order valence-corrected chi connectivity index (χ0v) is 10.6. The average Bonchev–Trinajstić information content (AvgIpc) is 3.01. The molecule has 1 aliphatic heterocycles. The Labute approximate surface area is 113 Å². The van der Waals surface area contributed by atoms with Crippen molar-refractivity contribution in [3.05, 3.63) is 71.3 Å². The first kappa shape index (κ1) is 12.0. The summed E-state index contributed by atoms with van der Waals surface area (Å²) in [6.07, 6.45) is 1.01. The van der Waals surface area contributed by atoms with Crippen LogP contribution in [0.4, 0.5) is 0 Å². The molecule has 0 aromatic heterocycles. The Bertz CT molecular complexity index is 604. The third kappa shape index (κ3) is 3.03. The van der Waals surface area contributed by atoms with Crippen LogP contribution in [0.3, 0.4) is 0 Å². The van der Waals surface area contributed by atoms with Crippen LogP contribution >= 0.6 is 0 Å². The minimum absolute atomic E-state index is 0.290. The van der Waals surface area contributed by atoms with Gasteiger partial charge in [0.2, 0.25) is 0 Å². The van der Waals surface area contributed by atoms with Gasteiger partial charge in [-0.3, -0.25) is 0 Å². The Morgan fingerprint density at radius 2 is 1.74 bits per heavy atom. The monoisotopic (exact) mass is 249 g/mol. The molecular weight excluding hydrogens is 234 g/mol. The molecule has 2 nitrogen and oxygen atoms in total. The molecule has 0 saturated carbocycles. The van der Waals surface area contributed by atoms with Crippen LogP contribution in [0.2, 0.25) is 0 Å². The Morgan fingerprint density at radius 1 is 0.947 bits per heavy atom. The zero-order valence-electron chi connectivity index (χ0n) is 10.6. The van der Waals surface area contributed by atoms with E-state index in [-0.39, 0.29) is 0 Å². The first-order valence-corrected chi connectivity index (χ1v) is 6.46. The van der Waals surface area contributed by atoms with Crippen LogP contribution in [-0.2, 0) is 4.84 Å². The molecule has 1 unspecified atom stereocenters. The summed E-state index contributed by atoms with van der Waals surface area (Å²) in [5.41, 5.74) is 6.33. The molecule has 19 heavy (non-hydrogen) atoms. The van der Waals surface area contributed by atoms with Gasteiger partial charge >= 0.3 is 0 Å². The predicted molar refractivity (Wildman–Crippen MR) is 75.3 cm³/mol. The van der Waals surface area contributed by atoms with Crippen molar-refractivity contribution in [3.8, 4) is 11.8 Å². The maximum atomic E-state index is 5.19. The van der Waals surface area contributed by atoms with Gasteiger partial charge in [-0.05, 0) is 36.2 Å². The molecule has 1 atom stereocenters. The van der Waals surface area contributed by atoms with E-state index in [1.54, 1.807) is 0 Å². The van der Waals surface area contributed by atoms with Crippen molar-refractivity contribution < 1.29 is 4.84 Å². The number of nitrogens with one attached hydrogen (secondary N) is 1. The fraction of sp³-hybridized carbons (Fsp3) is 0.176. The van der Waals surface area contributed by atoms with Crippen molar-refractivity contribution in [2.45, 2.75) is 12.5 Å². The van der Waals surface area contributed by atoms with Crippen LogP contribution in [0.5, 0.6) is 0 Å². The molecule has 0 spiro atoms. The Morgan fingerprint density at radius 3 is 2.53 bits per heavy atom. The number of benzene rings is 2. The van der Waals surface area contributed by atoms with Gasteiger partial charge in [0.1, 0.15) is 0 Å². The number of hydrogen-bond acceptors (Lipinski definition) is 2. The van der Waals surface area contributed by atoms with E-state index in [9.17, 15) is 0 Å². The van der Waals surface area contributed by atoms with Crippen LogP contribution in [0.25, 0.3) is 0 Å². The summed E-state index contributed by atoms with van der Waals surface area (Å²) in [7, 11) is 0. The fourth-order valence-electron chi connectivity index (χ4n) is 2.13. The average molecular weight is 249 g/mol. The molecule has 0 bridgehead atoms. The fourth-order valence-corrected chi connectivity index (χ4v) is 2.13. The lowest BCUT2D eigenvalue weighted by molar-refractivity contribution is 0.0883. The third-order valence-corrected chi connectivity index (χ3v) is 3.15. The molecule has 0 amide bonds. The van der Waals surface area contributed by atoms with E-state index in [2.05, 4.69) is 29.5 Å². The molecule has 1 N–H and O–H groups in total. The minimum Gasteiger partial charge on any atom is -0.301 e. The van der Waals surface area contributed by atoms with Gasteiger partial charge in [0.05, 0.1) is 12.6 Å². The molecule has 0 radical (unpaired) electrons. The summed E-state index contributed by atoms with van der Waals surface area (Å²) >= 11 is 0. The summed E-state index contributed by atoms with van der Waals surface area (Å²) in [4.78, 5) is 5.19. The smallest absolute Gasteiger partial charge is 0.0701 e. The Kier molecular flexibility index (Phi) is 3.60. The molecule has 2 aromatic rings. The van der Waals surface area contributed by atoms with Crippen molar-refractivity contribution in [1.82, 2.24) is 5.48 Å². The summed E-state index contributed by atoms with van der Waals surface area (Å²) in [5.74, 6) is 6.38. The maximum Gasteiger partial charge on any atom is 0.0701 e. The molecule has 1 fully saturated rings. The third-order valence-electron chi connectivity index (χ3n) is 3.15. The van der Waals surface area contributed by atoms with Gasteiger partial charge in [0.15, 0.2) is 0 Å². The van der Waals surface area contributed by atoms with Crippen molar-refractivity contribution >= 4 is 0 Å². The van der Waals surface area contributed by atoms with E-state index in [0.29, 0.717) is 6.04 Å². The zero-order chi connectivity index (χ0) is 12.9. The van der Waals surface area contributed by atoms with Gasteiger partial charge in [-0.2, -0.15) is 5.48 Å². The van der Waals surface area contributed by atoms with Crippen LogP contribution in [0.1, 0.15) is 29.2 Å². The highest BCUT2D eigenvalue weighted by Crippen LogP contribution is 2.21. The van der Waals surface area contributed by atoms with Crippen molar-refractivity contribution in [2.24, 2.45) is 0 Å². The lowest BCUT2D eigenvalue weighted by atomic mass is 10.0. The molecule has 2 heteroatoms. The summed E-state index contributed by atoms with van der Waals surface area (Å²) in [6.45, 7) is 0.768. The van der Waals surface area contributed by atoms with E-state index < -0.39 is 0 Å². The lowest BCUT2D eigenvalue weighted by Gasteiger charge is -2.08. The van der Waals surface area contributed by atoms with E-state index in [1.165, 1.54) is 5.56 Å². The van der Waals surface area contributed by atoms with E-state index >= 15 is 0 Å². The first-order chi connectivity index (χ1) is 9.42. The topological polar surface area (TPSA) is 21.3 Å². The highest BCUT2D eigenvalue weighted by Gasteiger charge is 2.16. The second-order valence-electron chi connectivity index (χ2n) is 4.55. The molecular formula is C17H15NO. The normalized spacial score (nSPS) is 17.8. The molecule has 2 aromatic carbocycles. The number of hydrogen-bond donors (Lipinski definition) is 1. The summed E-state index contributed by atoms with van der Waals surface area (Å²) < 4.78 is 0. The van der Waals surface area contributed by atoms with Gasteiger partial charge in [-0.15, -0.1) is 0 Å². The van der Waals surface area contributed by atoms with Crippen LogP contribution < -0.4 is 5.48 Å². The lowest BCUT2D eigenvalue weighted by Crippen LogP contribution is -2.11. The highest BCUT2D eigenvalue weighted by molar-refractivity contribution is 5.44. The number of rotatable bonds is 1. The first-order valence-electron chi connectivity index (χ1n) is 6.46. The van der Waals surface area contributed by atoms with Gasteiger partial charge in [-0.25, -0.2) is 0 Å². The Balaban J connectivity index is 1.82. The van der Waals surface area contributed by atoms with Crippen molar-refractivity contribution in [1.29, 1.82) is 0 Å². The van der Waals surface area contributed by atoms with Crippen LogP contribution in [-0.4, -0.2) is 6.61 Å². The number of hydroxylamine groups is 1. The standard InChI is InChI=1S/C17H15NO/c1-2-5-14(6-3-1)9-10-15-7-4-8-16(13-15)17-11-12-19-18-17/h1-8,13,17-18H,11-12H2. The van der Waals surface area contributed by atoms with E-state index in [1.807, 2.05) is 42.5 Å². The molecule has 94 valence electrons. The van der Waals surface area contributed by atoms with Crippen molar-refractivity contribution in [2.75, 3.05) is 6.61 Å². The highest BCUT2D eigenvalue weighted by atomic mass is 16.7. The van der Waals surface area contributed by atoms with E-state index in [0.717, 1.165) is 24.2 Å². The summed E-state index contributed by atoms with van der Waals surface area (Å²) in [6, 6.07) is 18.6. The van der Waals surface area contributed by atoms with Gasteiger partial charge < -0.3 is 4.84 Å². The maximum absolute atomic E-state index is 5.19. The molecule has 1 heterocycles. The predicted octanol–water partition coefficient (Wildman–Crippen LogP) is 3.05. The SMILES string of the molecule is C(#Cc1cccc(C2CCON2)c1)c1ccccc1. The second-order valence-corrected chi connectivity index (χ2v) is 4.55. The molecule has 3 rings (SSSR count). The van der Waals surface area contributed by atoms with Gasteiger partial charge in [-0.1, -0.05) is 42.2 Å². The van der Waals surface area contributed by atoms with Crippen molar-refractivity contribution in [3.63, 3.8) is 0 Å². The van der Waals surface area contributed by atoms with Crippen LogP contribution in [0, 0.1) is 11.8 Å². The van der Waals surface area contributed by atoms with Crippen LogP contribution in [0.15, 0.2) is 54.6 Å². The van der Waals surface area contributed by atoms with Gasteiger partial charge in [0, 0.05) is 11.1 Å². The molecule has 0 aliphatic carbocycles. The summed E-state index contributed by atoms with van der Waals surface area (Å²) in [5, 5.41) is 0. The largest absolute Gasteiger partial charge is 0.301 e. The van der Waals surface area contributed by atoms with Gasteiger partial charge in [0.25, 0.3) is 0 Å². The Hall–Kier alpha value is -2.08. The minimum atomic E-state index is 0.290. The quantitative estimate of drug-likeness (QED) is 0.784. The second kappa shape index (κ2) is 5.71. The molecule has 1 aliphatic rings. The van der Waals surface area contributed by atoms with E-state index in [4.69, 9.17) is 4.84 Å².